The Hall–Kier alpha value is -1.85. The summed E-state index contributed by atoms with van der Waals surface area (Å²) in [4.78, 5) is 11.9. The van der Waals surface area contributed by atoms with E-state index in [0.29, 0.717) is 12.2 Å². The summed E-state index contributed by atoms with van der Waals surface area (Å²) >= 11 is 0. The number of anilines is 1. The van der Waals surface area contributed by atoms with E-state index in [1.165, 1.54) is 5.56 Å². The number of nitrogens with zero attached hydrogens (tertiary/aromatic N) is 2. The van der Waals surface area contributed by atoms with E-state index in [-0.39, 0.29) is 18.3 Å². The summed E-state index contributed by atoms with van der Waals surface area (Å²) in [6.07, 6.45) is 1.55. The minimum absolute atomic E-state index is 0. The highest BCUT2D eigenvalue weighted by atomic mass is 35.5. The van der Waals surface area contributed by atoms with Crippen LogP contribution in [-0.4, -0.2) is 21.7 Å². The number of aromatic nitrogens is 2. The molecule has 0 bridgehead atoms. The van der Waals surface area contributed by atoms with Crippen LogP contribution < -0.4 is 11.1 Å². The molecule has 1 aromatic heterocycles. The number of hydrogen-bond acceptors (Lipinski definition) is 3. The first-order valence-electron chi connectivity index (χ1n) is 7.21. The quantitative estimate of drug-likeness (QED) is 0.888. The number of carbonyl (C=O) groups excluding carboxylic acids is 1. The number of nitrogens with two attached hydrogens (primary N) is 1. The summed E-state index contributed by atoms with van der Waals surface area (Å²) < 4.78 is 1.81. The second-order valence-electron chi connectivity index (χ2n) is 5.30. The maximum atomic E-state index is 11.9. The molecule has 6 heteroatoms. The lowest BCUT2D eigenvalue weighted by molar-refractivity contribution is -0.117. The molecule has 3 N–H and O–H groups in total. The van der Waals surface area contributed by atoms with Gasteiger partial charge in [-0.2, -0.15) is 0 Å². The number of aryl methyl sites for hydroxylation is 2. The fourth-order valence-corrected chi connectivity index (χ4v) is 2.14. The monoisotopic (exact) mass is 322 g/mol. The van der Waals surface area contributed by atoms with Gasteiger partial charge in [0.1, 0.15) is 0 Å². The van der Waals surface area contributed by atoms with Crippen LogP contribution in [-0.2, 0) is 4.79 Å². The number of amides is 1. The number of hydrogen-bond donors (Lipinski definition) is 2. The van der Waals surface area contributed by atoms with E-state index in [0.717, 1.165) is 17.8 Å². The van der Waals surface area contributed by atoms with Crippen LogP contribution in [0, 0.1) is 13.8 Å². The van der Waals surface area contributed by atoms with Crippen LogP contribution in [0.2, 0.25) is 0 Å². The molecule has 2 rings (SSSR count). The number of carbonyl (C=O) groups is 1. The highest BCUT2D eigenvalue weighted by Crippen LogP contribution is 2.16. The average Bonchev–Trinajstić information content (AvgIpc) is 2.80. The van der Waals surface area contributed by atoms with Gasteiger partial charge < -0.3 is 11.1 Å². The van der Waals surface area contributed by atoms with Crippen molar-refractivity contribution < 1.29 is 4.79 Å². The molecule has 1 aromatic carbocycles. The molecular formula is C16H23ClN4O. The lowest BCUT2D eigenvalue weighted by Crippen LogP contribution is -2.35. The van der Waals surface area contributed by atoms with Crippen LogP contribution in [0.25, 0.3) is 5.69 Å². The maximum absolute atomic E-state index is 11.9. The standard InChI is InChI=1S/C16H22N4O.ClH/c1-4-5-14(17)16(21)18-15-10-12(3)20(19-15)13-8-6-11(2)7-9-13;/h6-10,14H,4-5,17H2,1-3H3,(H,18,19,21);1H. The third kappa shape index (κ3) is 4.32. The van der Waals surface area contributed by atoms with Gasteiger partial charge in [0.05, 0.1) is 11.7 Å². The Morgan fingerprint density at radius 2 is 1.95 bits per heavy atom. The largest absolute Gasteiger partial charge is 0.320 e. The SMILES string of the molecule is CCCC(N)C(=O)Nc1cc(C)n(-c2ccc(C)cc2)n1.Cl. The van der Waals surface area contributed by atoms with Gasteiger partial charge in [-0.15, -0.1) is 17.5 Å². The van der Waals surface area contributed by atoms with Crippen LogP contribution in [0.15, 0.2) is 30.3 Å². The van der Waals surface area contributed by atoms with E-state index in [1.807, 2.05) is 51.1 Å². The molecule has 120 valence electrons. The summed E-state index contributed by atoms with van der Waals surface area (Å²) in [5, 5.41) is 7.19. The van der Waals surface area contributed by atoms with E-state index in [2.05, 4.69) is 10.4 Å². The second kappa shape index (κ2) is 7.96. The molecule has 22 heavy (non-hydrogen) atoms. The van der Waals surface area contributed by atoms with Gasteiger partial charge in [0.2, 0.25) is 5.91 Å². The molecule has 0 saturated carbocycles. The zero-order chi connectivity index (χ0) is 15.4. The number of rotatable bonds is 5. The van der Waals surface area contributed by atoms with Gasteiger partial charge in [0.25, 0.3) is 0 Å². The molecule has 1 atom stereocenters. The zero-order valence-electron chi connectivity index (χ0n) is 13.2. The molecular weight excluding hydrogens is 300 g/mol. The highest BCUT2D eigenvalue weighted by Gasteiger charge is 2.14. The van der Waals surface area contributed by atoms with Gasteiger partial charge in [0, 0.05) is 11.8 Å². The van der Waals surface area contributed by atoms with Crippen molar-refractivity contribution in [3.8, 4) is 5.69 Å². The lowest BCUT2D eigenvalue weighted by Gasteiger charge is -2.09. The molecule has 0 aliphatic rings. The van der Waals surface area contributed by atoms with Crippen molar-refractivity contribution in [3.05, 3.63) is 41.6 Å². The first-order valence-corrected chi connectivity index (χ1v) is 7.21. The van der Waals surface area contributed by atoms with Crippen molar-refractivity contribution in [1.29, 1.82) is 0 Å². The van der Waals surface area contributed by atoms with E-state index in [9.17, 15) is 4.79 Å². The van der Waals surface area contributed by atoms with Crippen LogP contribution in [0.4, 0.5) is 5.82 Å². The van der Waals surface area contributed by atoms with Gasteiger partial charge in [-0.05, 0) is 32.4 Å². The number of benzene rings is 1. The van der Waals surface area contributed by atoms with Crippen molar-refractivity contribution in [2.75, 3.05) is 5.32 Å². The molecule has 1 unspecified atom stereocenters. The normalized spacial score (nSPS) is 11.6. The molecule has 0 fully saturated rings. The third-order valence-corrected chi connectivity index (χ3v) is 3.35. The van der Waals surface area contributed by atoms with Gasteiger partial charge in [-0.25, -0.2) is 4.68 Å². The van der Waals surface area contributed by atoms with Crippen LogP contribution >= 0.6 is 12.4 Å². The van der Waals surface area contributed by atoms with Crippen molar-refractivity contribution in [3.63, 3.8) is 0 Å². The Balaban J connectivity index is 0.00000242. The molecule has 0 spiro atoms. The van der Waals surface area contributed by atoms with E-state index in [1.54, 1.807) is 4.68 Å². The minimum atomic E-state index is -0.486. The van der Waals surface area contributed by atoms with Crippen LogP contribution in [0.5, 0.6) is 0 Å². The summed E-state index contributed by atoms with van der Waals surface area (Å²) in [6.45, 7) is 6.00. The molecule has 0 radical (unpaired) electrons. The molecule has 1 heterocycles. The average molecular weight is 323 g/mol. The Labute approximate surface area is 137 Å². The Morgan fingerprint density at radius 1 is 1.32 bits per heavy atom. The molecule has 0 aliphatic carbocycles. The Bertz CT molecular complexity index is 622. The van der Waals surface area contributed by atoms with E-state index < -0.39 is 6.04 Å². The lowest BCUT2D eigenvalue weighted by atomic mass is 10.2. The fourth-order valence-electron chi connectivity index (χ4n) is 2.14. The molecule has 0 saturated heterocycles. The van der Waals surface area contributed by atoms with Crippen LogP contribution in [0.1, 0.15) is 31.0 Å². The highest BCUT2D eigenvalue weighted by molar-refractivity contribution is 5.93. The predicted octanol–water partition coefficient (Wildman–Crippen LogP) is 2.98. The summed E-state index contributed by atoms with van der Waals surface area (Å²) in [5.74, 6) is 0.343. The maximum Gasteiger partial charge on any atom is 0.242 e. The van der Waals surface area contributed by atoms with E-state index in [4.69, 9.17) is 5.73 Å². The number of nitrogens with one attached hydrogen (secondary N) is 1. The van der Waals surface area contributed by atoms with Gasteiger partial charge in [-0.3, -0.25) is 4.79 Å². The summed E-state index contributed by atoms with van der Waals surface area (Å²) in [7, 11) is 0. The fraction of sp³-hybridized carbons (Fsp3) is 0.375. The van der Waals surface area contributed by atoms with E-state index >= 15 is 0 Å². The van der Waals surface area contributed by atoms with Gasteiger partial charge in [-0.1, -0.05) is 31.0 Å². The topological polar surface area (TPSA) is 72.9 Å². The summed E-state index contributed by atoms with van der Waals surface area (Å²) in [6, 6.07) is 9.43. The van der Waals surface area contributed by atoms with Crippen LogP contribution in [0.3, 0.4) is 0 Å². The van der Waals surface area contributed by atoms with Crippen molar-refractivity contribution >= 4 is 24.1 Å². The smallest absolute Gasteiger partial charge is 0.242 e. The molecule has 2 aromatic rings. The van der Waals surface area contributed by atoms with Crippen molar-refractivity contribution in [2.45, 2.75) is 39.7 Å². The van der Waals surface area contributed by atoms with Crippen molar-refractivity contribution in [2.24, 2.45) is 5.73 Å². The molecule has 1 amide bonds. The third-order valence-electron chi connectivity index (χ3n) is 3.35. The number of halogens is 1. The first-order chi connectivity index (χ1) is 10.0. The van der Waals surface area contributed by atoms with Crippen molar-refractivity contribution in [1.82, 2.24) is 9.78 Å². The molecule has 0 aliphatic heterocycles. The van der Waals surface area contributed by atoms with Gasteiger partial charge >= 0.3 is 0 Å². The second-order valence-corrected chi connectivity index (χ2v) is 5.30. The zero-order valence-corrected chi connectivity index (χ0v) is 14.0. The Morgan fingerprint density at radius 3 is 2.55 bits per heavy atom. The first kappa shape index (κ1) is 18.2. The Kier molecular flexibility index (Phi) is 6.59. The summed E-state index contributed by atoms with van der Waals surface area (Å²) in [5.41, 5.74) is 8.92. The minimum Gasteiger partial charge on any atom is -0.320 e. The molecule has 5 nitrogen and oxygen atoms in total. The van der Waals surface area contributed by atoms with Gasteiger partial charge in [0.15, 0.2) is 5.82 Å². The predicted molar refractivity (Wildman–Crippen MR) is 91.8 cm³/mol.